The minimum absolute atomic E-state index is 0.665. The van der Waals surface area contributed by atoms with Gasteiger partial charge in [0.15, 0.2) is 0 Å². The quantitative estimate of drug-likeness (QED) is 0.737. The molecule has 1 aliphatic rings. The van der Waals surface area contributed by atoms with Crippen molar-refractivity contribution >= 4 is 0 Å². The van der Waals surface area contributed by atoms with E-state index in [9.17, 15) is 0 Å². The molecule has 0 aliphatic carbocycles. The van der Waals surface area contributed by atoms with Gasteiger partial charge in [-0.05, 0) is 33.5 Å². The Balaban J connectivity index is 2.39. The summed E-state index contributed by atoms with van der Waals surface area (Å²) in [6, 6.07) is 1.40. The minimum Gasteiger partial charge on any atom is -0.316 e. The Morgan fingerprint density at radius 3 is 2.50 bits per heavy atom. The summed E-state index contributed by atoms with van der Waals surface area (Å²) in [5.74, 6) is 0.800. The van der Waals surface area contributed by atoms with Gasteiger partial charge in [-0.2, -0.15) is 0 Å². The van der Waals surface area contributed by atoms with Gasteiger partial charge in [0.05, 0.1) is 0 Å². The van der Waals surface area contributed by atoms with Crippen LogP contribution in [0.3, 0.4) is 0 Å². The van der Waals surface area contributed by atoms with Crippen LogP contribution >= 0.6 is 0 Å². The van der Waals surface area contributed by atoms with Crippen molar-refractivity contribution in [2.24, 2.45) is 5.92 Å². The van der Waals surface area contributed by atoms with E-state index in [1.807, 2.05) is 0 Å². The molecule has 1 heterocycles. The summed E-state index contributed by atoms with van der Waals surface area (Å²) < 4.78 is 0. The van der Waals surface area contributed by atoms with Gasteiger partial charge in [-0.25, -0.2) is 0 Å². The molecule has 0 spiro atoms. The molecular formula is C13H29N3. The zero-order valence-corrected chi connectivity index (χ0v) is 11.7. The van der Waals surface area contributed by atoms with Crippen LogP contribution < -0.4 is 5.32 Å². The molecule has 0 saturated carbocycles. The zero-order chi connectivity index (χ0) is 12.1. The summed E-state index contributed by atoms with van der Waals surface area (Å²) in [5, 5.41) is 3.43. The number of nitrogens with one attached hydrogen (secondary N) is 1. The second-order valence-electron chi connectivity index (χ2n) is 5.50. The number of rotatable bonds is 6. The van der Waals surface area contributed by atoms with Gasteiger partial charge < -0.3 is 10.2 Å². The first-order valence-electron chi connectivity index (χ1n) is 6.64. The van der Waals surface area contributed by atoms with Crippen LogP contribution in [0.5, 0.6) is 0 Å². The second kappa shape index (κ2) is 6.58. The molecule has 3 heteroatoms. The largest absolute Gasteiger partial charge is 0.316 e. The lowest BCUT2D eigenvalue weighted by Crippen LogP contribution is -2.40. The standard InChI is InChI=1S/C13H29N3/c1-6-7-12(14-3)9-16-8-11(2)13(10-16)15(4)5/h11-14H,6-10H2,1-5H3. The van der Waals surface area contributed by atoms with E-state index in [0.717, 1.165) is 12.0 Å². The van der Waals surface area contributed by atoms with Gasteiger partial charge in [0, 0.05) is 31.7 Å². The van der Waals surface area contributed by atoms with Crippen LogP contribution in [-0.2, 0) is 0 Å². The normalized spacial score (nSPS) is 28.9. The van der Waals surface area contributed by atoms with Crippen molar-refractivity contribution in [3.05, 3.63) is 0 Å². The smallest absolute Gasteiger partial charge is 0.0254 e. The lowest BCUT2D eigenvalue weighted by Gasteiger charge is -2.24. The summed E-state index contributed by atoms with van der Waals surface area (Å²) in [4.78, 5) is 4.99. The average molecular weight is 227 g/mol. The van der Waals surface area contributed by atoms with Crippen molar-refractivity contribution in [1.29, 1.82) is 0 Å². The van der Waals surface area contributed by atoms with E-state index in [4.69, 9.17) is 0 Å². The molecule has 0 aromatic carbocycles. The average Bonchev–Trinajstić information content (AvgIpc) is 2.59. The van der Waals surface area contributed by atoms with Crippen molar-refractivity contribution in [3.8, 4) is 0 Å². The van der Waals surface area contributed by atoms with Crippen molar-refractivity contribution < 1.29 is 0 Å². The van der Waals surface area contributed by atoms with E-state index in [2.05, 4.69) is 50.1 Å². The van der Waals surface area contributed by atoms with Crippen LogP contribution in [-0.4, -0.2) is 62.7 Å². The first kappa shape index (κ1) is 13.9. The Labute approximate surface area is 101 Å². The van der Waals surface area contributed by atoms with Gasteiger partial charge in [0.1, 0.15) is 0 Å². The van der Waals surface area contributed by atoms with Crippen molar-refractivity contribution in [1.82, 2.24) is 15.1 Å². The van der Waals surface area contributed by atoms with E-state index in [1.54, 1.807) is 0 Å². The monoisotopic (exact) mass is 227 g/mol. The molecule has 0 aromatic heterocycles. The maximum absolute atomic E-state index is 3.43. The lowest BCUT2D eigenvalue weighted by molar-refractivity contribution is 0.242. The molecule has 1 aliphatic heterocycles. The molecule has 1 rings (SSSR count). The molecule has 1 saturated heterocycles. The molecule has 0 amide bonds. The summed E-state index contributed by atoms with van der Waals surface area (Å²) >= 11 is 0. The van der Waals surface area contributed by atoms with E-state index < -0.39 is 0 Å². The molecule has 0 bridgehead atoms. The third kappa shape index (κ3) is 3.72. The van der Waals surface area contributed by atoms with Gasteiger partial charge in [0.25, 0.3) is 0 Å². The van der Waals surface area contributed by atoms with Crippen molar-refractivity contribution in [2.75, 3.05) is 40.8 Å². The number of nitrogens with zero attached hydrogens (tertiary/aromatic N) is 2. The molecule has 3 atom stereocenters. The number of likely N-dealkylation sites (N-methyl/N-ethyl adjacent to an activating group) is 2. The fourth-order valence-corrected chi connectivity index (χ4v) is 2.86. The third-order valence-electron chi connectivity index (χ3n) is 3.84. The Kier molecular flexibility index (Phi) is 5.73. The van der Waals surface area contributed by atoms with E-state index >= 15 is 0 Å². The van der Waals surface area contributed by atoms with Crippen LogP contribution in [0.25, 0.3) is 0 Å². The van der Waals surface area contributed by atoms with Gasteiger partial charge in [-0.3, -0.25) is 4.90 Å². The minimum atomic E-state index is 0.665. The Morgan fingerprint density at radius 2 is 2.06 bits per heavy atom. The fourth-order valence-electron chi connectivity index (χ4n) is 2.86. The number of likely N-dealkylation sites (tertiary alicyclic amines) is 1. The highest BCUT2D eigenvalue weighted by atomic mass is 15.2. The first-order valence-corrected chi connectivity index (χ1v) is 6.64. The molecule has 0 radical (unpaired) electrons. The van der Waals surface area contributed by atoms with Crippen molar-refractivity contribution in [2.45, 2.75) is 38.8 Å². The van der Waals surface area contributed by atoms with E-state index in [-0.39, 0.29) is 0 Å². The Morgan fingerprint density at radius 1 is 1.38 bits per heavy atom. The lowest BCUT2D eigenvalue weighted by atomic mass is 10.1. The maximum atomic E-state index is 3.43. The predicted octanol–water partition coefficient (Wildman–Crippen LogP) is 1.26. The van der Waals surface area contributed by atoms with Crippen molar-refractivity contribution in [3.63, 3.8) is 0 Å². The van der Waals surface area contributed by atoms with Gasteiger partial charge in [0.2, 0.25) is 0 Å². The van der Waals surface area contributed by atoms with Crippen LogP contribution in [0.2, 0.25) is 0 Å². The molecule has 3 nitrogen and oxygen atoms in total. The third-order valence-corrected chi connectivity index (χ3v) is 3.84. The SMILES string of the molecule is CCCC(CN1CC(C)C(N(C)C)C1)NC. The van der Waals surface area contributed by atoms with Gasteiger partial charge >= 0.3 is 0 Å². The van der Waals surface area contributed by atoms with Gasteiger partial charge in [-0.1, -0.05) is 20.3 Å². The summed E-state index contributed by atoms with van der Waals surface area (Å²) in [6.07, 6.45) is 2.56. The number of hydrogen-bond donors (Lipinski definition) is 1. The first-order chi connectivity index (χ1) is 7.58. The number of hydrogen-bond acceptors (Lipinski definition) is 3. The second-order valence-corrected chi connectivity index (χ2v) is 5.50. The van der Waals surface area contributed by atoms with Crippen LogP contribution in [0, 0.1) is 5.92 Å². The highest BCUT2D eigenvalue weighted by Crippen LogP contribution is 2.20. The molecule has 0 aromatic rings. The summed E-state index contributed by atoms with van der Waals surface area (Å²) in [6.45, 7) is 8.33. The Hall–Kier alpha value is -0.120. The molecule has 16 heavy (non-hydrogen) atoms. The summed E-state index contributed by atoms with van der Waals surface area (Å²) in [7, 11) is 6.49. The Bertz CT molecular complexity index is 194. The highest BCUT2D eigenvalue weighted by molar-refractivity contribution is 4.88. The van der Waals surface area contributed by atoms with E-state index in [1.165, 1.54) is 32.5 Å². The molecular weight excluding hydrogens is 198 g/mol. The van der Waals surface area contributed by atoms with Crippen LogP contribution in [0.15, 0.2) is 0 Å². The fraction of sp³-hybridized carbons (Fsp3) is 1.00. The van der Waals surface area contributed by atoms with E-state index in [0.29, 0.717) is 6.04 Å². The highest BCUT2D eigenvalue weighted by Gasteiger charge is 2.31. The van der Waals surface area contributed by atoms with Crippen LogP contribution in [0.1, 0.15) is 26.7 Å². The molecule has 96 valence electrons. The molecule has 3 unspecified atom stereocenters. The van der Waals surface area contributed by atoms with Crippen LogP contribution in [0.4, 0.5) is 0 Å². The topological polar surface area (TPSA) is 18.5 Å². The molecule has 1 fully saturated rings. The van der Waals surface area contributed by atoms with Gasteiger partial charge in [-0.15, -0.1) is 0 Å². The molecule has 1 N–H and O–H groups in total. The maximum Gasteiger partial charge on any atom is 0.0254 e. The predicted molar refractivity (Wildman–Crippen MR) is 70.8 cm³/mol. The zero-order valence-electron chi connectivity index (χ0n) is 11.7. The summed E-state index contributed by atoms with van der Waals surface area (Å²) in [5.41, 5.74) is 0.